The maximum atomic E-state index is 5.09. The molecule has 0 aliphatic carbocycles. The van der Waals surface area contributed by atoms with E-state index in [0.717, 1.165) is 27.8 Å². The molecule has 150 valence electrons. The van der Waals surface area contributed by atoms with Gasteiger partial charge in [-0.3, -0.25) is 4.98 Å². The van der Waals surface area contributed by atoms with Crippen molar-refractivity contribution in [2.24, 2.45) is 0 Å². The smallest absolute Gasteiger partial charge is 0.142 e. The minimum absolute atomic E-state index is 0.521. The number of hydrogen-bond acceptors (Lipinski definition) is 2. The Balaban J connectivity index is 1.70. The lowest BCUT2D eigenvalue weighted by Crippen LogP contribution is -2.34. The van der Waals surface area contributed by atoms with Gasteiger partial charge in [-0.2, -0.15) is 0 Å². The highest BCUT2D eigenvalue weighted by Crippen LogP contribution is 2.53. The standard InChI is InChI=1S/C29H19N3/c1-2-10-21(11-3-1)29(22-16-17-25-20(19-22)9-8-18-30-25)24-13-5-4-12-23(24)28-31-26-14-6-7-15-27(26)32(28)29/h1-19H. The van der Waals surface area contributed by atoms with Crippen LogP contribution in [0.15, 0.2) is 115 Å². The molecule has 0 bridgehead atoms. The van der Waals surface area contributed by atoms with E-state index in [-0.39, 0.29) is 0 Å². The number of aromatic nitrogens is 3. The normalized spacial score (nSPS) is 16.9. The molecule has 2 aromatic heterocycles. The molecule has 7 rings (SSSR count). The molecular formula is C29H19N3. The Morgan fingerprint density at radius 2 is 1.44 bits per heavy atom. The van der Waals surface area contributed by atoms with Gasteiger partial charge in [-0.1, -0.05) is 78.9 Å². The zero-order valence-corrected chi connectivity index (χ0v) is 17.3. The van der Waals surface area contributed by atoms with Crippen LogP contribution in [0.5, 0.6) is 0 Å². The summed E-state index contributed by atoms with van der Waals surface area (Å²) in [4.78, 5) is 9.65. The molecule has 6 aromatic rings. The molecule has 1 aliphatic rings. The van der Waals surface area contributed by atoms with Gasteiger partial charge in [-0.15, -0.1) is 0 Å². The van der Waals surface area contributed by atoms with Crippen LogP contribution in [0.3, 0.4) is 0 Å². The summed E-state index contributed by atoms with van der Waals surface area (Å²) in [6, 6.07) is 38.7. The van der Waals surface area contributed by atoms with Crippen LogP contribution in [-0.4, -0.2) is 14.5 Å². The van der Waals surface area contributed by atoms with Gasteiger partial charge in [0.1, 0.15) is 11.4 Å². The molecule has 0 spiro atoms. The fourth-order valence-electron chi connectivity index (χ4n) is 5.38. The minimum Gasteiger partial charge on any atom is -0.305 e. The zero-order chi connectivity index (χ0) is 21.1. The van der Waals surface area contributed by atoms with E-state index < -0.39 is 5.54 Å². The molecule has 0 saturated carbocycles. The van der Waals surface area contributed by atoms with E-state index in [1.165, 1.54) is 22.3 Å². The number of fused-ring (bicyclic) bond motifs is 6. The quantitative estimate of drug-likeness (QED) is 0.330. The van der Waals surface area contributed by atoms with Gasteiger partial charge in [0.15, 0.2) is 0 Å². The highest BCUT2D eigenvalue weighted by Gasteiger charge is 2.47. The topological polar surface area (TPSA) is 30.7 Å². The summed E-state index contributed by atoms with van der Waals surface area (Å²) in [6.07, 6.45) is 1.85. The van der Waals surface area contributed by atoms with Crippen LogP contribution in [0.2, 0.25) is 0 Å². The first kappa shape index (κ1) is 17.4. The van der Waals surface area contributed by atoms with Gasteiger partial charge in [0, 0.05) is 17.1 Å². The monoisotopic (exact) mass is 409 g/mol. The van der Waals surface area contributed by atoms with E-state index in [1.54, 1.807) is 0 Å². The van der Waals surface area contributed by atoms with E-state index in [2.05, 4.69) is 113 Å². The molecule has 3 heterocycles. The van der Waals surface area contributed by atoms with Crippen molar-refractivity contribution in [2.45, 2.75) is 5.54 Å². The van der Waals surface area contributed by atoms with Crippen LogP contribution in [0.1, 0.15) is 16.7 Å². The van der Waals surface area contributed by atoms with Crippen LogP contribution < -0.4 is 0 Å². The molecule has 1 atom stereocenters. The van der Waals surface area contributed by atoms with Crippen molar-refractivity contribution < 1.29 is 0 Å². The molecule has 1 unspecified atom stereocenters. The Labute approximate surface area is 185 Å². The summed E-state index contributed by atoms with van der Waals surface area (Å²) < 4.78 is 2.43. The second-order valence-corrected chi connectivity index (χ2v) is 8.29. The van der Waals surface area contributed by atoms with Crippen LogP contribution in [0.25, 0.3) is 33.3 Å². The first-order chi connectivity index (χ1) is 15.9. The summed E-state index contributed by atoms with van der Waals surface area (Å²) >= 11 is 0. The predicted octanol–water partition coefficient (Wildman–Crippen LogP) is 6.41. The third-order valence-corrected chi connectivity index (χ3v) is 6.67. The average Bonchev–Trinajstić information content (AvgIpc) is 3.38. The Morgan fingerprint density at radius 1 is 0.625 bits per heavy atom. The second-order valence-electron chi connectivity index (χ2n) is 8.29. The van der Waals surface area contributed by atoms with Gasteiger partial charge in [-0.25, -0.2) is 4.98 Å². The summed E-state index contributed by atoms with van der Waals surface area (Å²) in [7, 11) is 0. The molecular weight excluding hydrogens is 390 g/mol. The van der Waals surface area contributed by atoms with Crippen molar-refractivity contribution in [3.05, 3.63) is 132 Å². The van der Waals surface area contributed by atoms with Gasteiger partial charge < -0.3 is 4.57 Å². The second kappa shape index (κ2) is 6.38. The number of nitrogens with zero attached hydrogens (tertiary/aromatic N) is 3. The van der Waals surface area contributed by atoms with Gasteiger partial charge in [0.05, 0.1) is 16.6 Å². The molecule has 3 nitrogen and oxygen atoms in total. The van der Waals surface area contributed by atoms with Gasteiger partial charge in [0.2, 0.25) is 0 Å². The third kappa shape index (κ3) is 2.15. The third-order valence-electron chi connectivity index (χ3n) is 6.67. The number of para-hydroxylation sites is 2. The molecule has 0 amide bonds. The molecule has 4 aromatic carbocycles. The van der Waals surface area contributed by atoms with E-state index in [4.69, 9.17) is 4.98 Å². The van der Waals surface area contributed by atoms with Gasteiger partial charge in [0.25, 0.3) is 0 Å². The number of benzene rings is 4. The number of rotatable bonds is 2. The summed E-state index contributed by atoms with van der Waals surface area (Å²) in [5.74, 6) is 1.01. The average molecular weight is 409 g/mol. The molecule has 0 radical (unpaired) electrons. The maximum Gasteiger partial charge on any atom is 0.142 e. The highest BCUT2D eigenvalue weighted by atomic mass is 15.2. The number of pyridine rings is 1. The zero-order valence-electron chi connectivity index (χ0n) is 17.3. The lowest BCUT2D eigenvalue weighted by atomic mass is 9.76. The van der Waals surface area contributed by atoms with Crippen LogP contribution >= 0.6 is 0 Å². The van der Waals surface area contributed by atoms with Crippen molar-refractivity contribution in [1.82, 2.24) is 14.5 Å². The Bertz CT molecular complexity index is 1630. The lowest BCUT2D eigenvalue weighted by molar-refractivity contribution is 0.560. The van der Waals surface area contributed by atoms with Crippen molar-refractivity contribution in [3.63, 3.8) is 0 Å². The molecule has 32 heavy (non-hydrogen) atoms. The molecule has 0 fully saturated rings. The summed E-state index contributed by atoms with van der Waals surface area (Å²) in [5.41, 5.74) is 7.49. The van der Waals surface area contributed by atoms with Crippen molar-refractivity contribution in [1.29, 1.82) is 0 Å². The Morgan fingerprint density at radius 3 is 2.38 bits per heavy atom. The van der Waals surface area contributed by atoms with Crippen LogP contribution in [0, 0.1) is 0 Å². The van der Waals surface area contributed by atoms with Gasteiger partial charge >= 0.3 is 0 Å². The van der Waals surface area contributed by atoms with Crippen molar-refractivity contribution in [2.75, 3.05) is 0 Å². The molecule has 0 saturated heterocycles. The first-order valence-electron chi connectivity index (χ1n) is 10.9. The van der Waals surface area contributed by atoms with E-state index in [0.29, 0.717) is 0 Å². The Kier molecular flexibility index (Phi) is 3.48. The fraction of sp³-hybridized carbons (Fsp3) is 0.0345. The first-order valence-corrected chi connectivity index (χ1v) is 10.9. The Hall–Kier alpha value is -4.24. The van der Waals surface area contributed by atoms with E-state index >= 15 is 0 Å². The summed E-state index contributed by atoms with van der Waals surface area (Å²) in [6.45, 7) is 0. The SMILES string of the molecule is c1ccc(C2(c3ccc4ncccc4c3)c3ccccc3-c3nc4ccccc4n32)cc1. The minimum atomic E-state index is -0.521. The lowest BCUT2D eigenvalue weighted by Gasteiger charge is -2.35. The van der Waals surface area contributed by atoms with Crippen LogP contribution in [-0.2, 0) is 5.54 Å². The maximum absolute atomic E-state index is 5.09. The van der Waals surface area contributed by atoms with Crippen molar-refractivity contribution >= 4 is 21.9 Å². The molecule has 1 aliphatic heterocycles. The van der Waals surface area contributed by atoms with E-state index in [9.17, 15) is 0 Å². The summed E-state index contributed by atoms with van der Waals surface area (Å²) in [5, 5.41) is 1.13. The molecule has 0 N–H and O–H groups in total. The van der Waals surface area contributed by atoms with Gasteiger partial charge in [-0.05, 0) is 47.0 Å². The predicted molar refractivity (Wildman–Crippen MR) is 129 cm³/mol. The van der Waals surface area contributed by atoms with E-state index in [1.807, 2.05) is 12.3 Å². The van der Waals surface area contributed by atoms with Crippen molar-refractivity contribution in [3.8, 4) is 11.4 Å². The largest absolute Gasteiger partial charge is 0.305 e. The fourth-order valence-corrected chi connectivity index (χ4v) is 5.38. The molecule has 3 heteroatoms. The number of hydrogen-bond donors (Lipinski definition) is 0. The number of imidazole rings is 1. The van der Waals surface area contributed by atoms with Crippen LogP contribution in [0.4, 0.5) is 0 Å². The highest BCUT2D eigenvalue weighted by molar-refractivity contribution is 5.88.